The summed E-state index contributed by atoms with van der Waals surface area (Å²) in [5.74, 6) is 1.19. The molecule has 2 atom stereocenters. The first kappa shape index (κ1) is 12.8. The molecule has 3 aliphatic heterocycles. The van der Waals surface area contributed by atoms with Gasteiger partial charge in [0.05, 0.1) is 0 Å². The molecule has 104 valence electrons. The SMILES string of the molecule is CC1CCN(S(=O)(=O)N2C[C@@H]3CCN[C@@H]3C2)CC1. The lowest BCUT2D eigenvalue weighted by Gasteiger charge is -2.32. The van der Waals surface area contributed by atoms with E-state index in [4.69, 9.17) is 0 Å². The number of hydrogen-bond donors (Lipinski definition) is 1. The molecule has 6 heteroatoms. The van der Waals surface area contributed by atoms with Gasteiger partial charge < -0.3 is 5.32 Å². The number of rotatable bonds is 2. The molecule has 3 heterocycles. The molecule has 3 fully saturated rings. The van der Waals surface area contributed by atoms with Crippen molar-refractivity contribution in [3.05, 3.63) is 0 Å². The van der Waals surface area contributed by atoms with Gasteiger partial charge in [-0.1, -0.05) is 6.92 Å². The molecule has 0 unspecified atom stereocenters. The van der Waals surface area contributed by atoms with Gasteiger partial charge in [0, 0.05) is 32.2 Å². The quantitative estimate of drug-likeness (QED) is 0.785. The molecule has 0 bridgehead atoms. The number of nitrogens with one attached hydrogen (secondary N) is 1. The smallest absolute Gasteiger partial charge is 0.282 e. The van der Waals surface area contributed by atoms with Crippen molar-refractivity contribution in [1.82, 2.24) is 13.9 Å². The highest BCUT2D eigenvalue weighted by molar-refractivity contribution is 7.86. The molecule has 0 spiro atoms. The van der Waals surface area contributed by atoms with Crippen LogP contribution in [0, 0.1) is 11.8 Å². The van der Waals surface area contributed by atoms with Gasteiger partial charge >= 0.3 is 0 Å². The number of fused-ring (bicyclic) bond motifs is 1. The van der Waals surface area contributed by atoms with Crippen LogP contribution in [0.25, 0.3) is 0 Å². The zero-order valence-corrected chi connectivity index (χ0v) is 11.8. The minimum atomic E-state index is -3.20. The molecule has 0 aliphatic carbocycles. The zero-order valence-electron chi connectivity index (χ0n) is 11.0. The van der Waals surface area contributed by atoms with E-state index in [1.54, 1.807) is 8.61 Å². The lowest BCUT2D eigenvalue weighted by molar-refractivity contribution is 0.268. The van der Waals surface area contributed by atoms with E-state index in [1.807, 2.05) is 0 Å². The normalized spacial score (nSPS) is 36.1. The maximum absolute atomic E-state index is 12.5. The Hall–Kier alpha value is -0.170. The largest absolute Gasteiger partial charge is 0.312 e. The van der Waals surface area contributed by atoms with Gasteiger partial charge in [-0.15, -0.1) is 0 Å². The molecule has 0 radical (unpaired) electrons. The average Bonchev–Trinajstić information content (AvgIpc) is 2.89. The fourth-order valence-corrected chi connectivity index (χ4v) is 5.10. The van der Waals surface area contributed by atoms with E-state index in [0.29, 0.717) is 44.1 Å². The Morgan fingerprint density at radius 2 is 1.78 bits per heavy atom. The minimum absolute atomic E-state index is 0.392. The molecule has 1 N–H and O–H groups in total. The van der Waals surface area contributed by atoms with Crippen molar-refractivity contribution in [3.8, 4) is 0 Å². The highest BCUT2D eigenvalue weighted by atomic mass is 32.2. The Balaban J connectivity index is 1.67. The third kappa shape index (κ3) is 2.19. The van der Waals surface area contributed by atoms with Gasteiger partial charge in [0.2, 0.25) is 0 Å². The Morgan fingerprint density at radius 1 is 1.06 bits per heavy atom. The van der Waals surface area contributed by atoms with Crippen LogP contribution in [0.2, 0.25) is 0 Å². The monoisotopic (exact) mass is 273 g/mol. The highest BCUT2D eigenvalue weighted by Gasteiger charge is 2.43. The van der Waals surface area contributed by atoms with Crippen molar-refractivity contribution in [2.75, 3.05) is 32.7 Å². The second-order valence-electron chi connectivity index (χ2n) is 6.02. The van der Waals surface area contributed by atoms with Crippen LogP contribution in [0.3, 0.4) is 0 Å². The molecular weight excluding hydrogens is 250 g/mol. The van der Waals surface area contributed by atoms with Gasteiger partial charge in [-0.3, -0.25) is 0 Å². The first-order chi connectivity index (χ1) is 8.57. The maximum Gasteiger partial charge on any atom is 0.282 e. The molecule has 3 aliphatic rings. The fourth-order valence-electron chi connectivity index (χ4n) is 3.38. The summed E-state index contributed by atoms with van der Waals surface area (Å²) >= 11 is 0. The molecular formula is C12H23N3O2S. The predicted molar refractivity (Wildman–Crippen MR) is 70.4 cm³/mol. The molecule has 5 nitrogen and oxygen atoms in total. The van der Waals surface area contributed by atoms with Crippen LogP contribution in [-0.2, 0) is 10.2 Å². The summed E-state index contributed by atoms with van der Waals surface area (Å²) in [5.41, 5.74) is 0. The van der Waals surface area contributed by atoms with E-state index in [1.165, 1.54) is 0 Å². The molecule has 18 heavy (non-hydrogen) atoms. The standard InChI is InChI=1S/C12H23N3O2S/c1-10-3-6-14(7-4-10)18(16,17)15-8-11-2-5-13-12(11)9-15/h10-13H,2-9H2,1H3/t11-,12+/m0/s1. The Bertz CT molecular complexity index is 392. The van der Waals surface area contributed by atoms with Crippen molar-refractivity contribution in [2.24, 2.45) is 11.8 Å². The topological polar surface area (TPSA) is 52.7 Å². The van der Waals surface area contributed by atoms with Crippen LogP contribution in [-0.4, -0.2) is 55.8 Å². The Kier molecular flexibility index (Phi) is 3.38. The third-order valence-electron chi connectivity index (χ3n) is 4.72. The molecule has 0 aromatic carbocycles. The summed E-state index contributed by atoms with van der Waals surface area (Å²) in [5, 5.41) is 3.41. The molecule has 0 saturated carbocycles. The third-order valence-corrected chi connectivity index (χ3v) is 6.69. The zero-order chi connectivity index (χ0) is 12.8. The van der Waals surface area contributed by atoms with Crippen LogP contribution in [0.4, 0.5) is 0 Å². The minimum Gasteiger partial charge on any atom is -0.312 e. The summed E-state index contributed by atoms with van der Waals surface area (Å²) in [4.78, 5) is 0. The summed E-state index contributed by atoms with van der Waals surface area (Å²) in [6.45, 7) is 6.02. The van der Waals surface area contributed by atoms with Crippen molar-refractivity contribution in [2.45, 2.75) is 32.2 Å². The first-order valence-electron chi connectivity index (χ1n) is 7.06. The maximum atomic E-state index is 12.5. The summed E-state index contributed by atoms with van der Waals surface area (Å²) in [7, 11) is -3.20. The van der Waals surface area contributed by atoms with Crippen molar-refractivity contribution in [3.63, 3.8) is 0 Å². The van der Waals surface area contributed by atoms with Crippen LogP contribution < -0.4 is 5.32 Å². The van der Waals surface area contributed by atoms with Crippen LogP contribution in [0.15, 0.2) is 0 Å². The molecule has 3 rings (SSSR count). The second kappa shape index (κ2) is 4.74. The van der Waals surface area contributed by atoms with E-state index >= 15 is 0 Å². The van der Waals surface area contributed by atoms with Crippen LogP contribution in [0.1, 0.15) is 26.2 Å². The average molecular weight is 273 g/mol. The van der Waals surface area contributed by atoms with E-state index in [-0.39, 0.29) is 0 Å². The number of nitrogens with zero attached hydrogens (tertiary/aromatic N) is 2. The first-order valence-corrected chi connectivity index (χ1v) is 8.45. The highest BCUT2D eigenvalue weighted by Crippen LogP contribution is 2.29. The van der Waals surface area contributed by atoms with E-state index in [9.17, 15) is 8.42 Å². The summed E-state index contributed by atoms with van der Waals surface area (Å²) in [6.07, 6.45) is 3.12. The van der Waals surface area contributed by atoms with Gasteiger partial charge in [0.15, 0.2) is 0 Å². The summed E-state index contributed by atoms with van der Waals surface area (Å²) in [6, 6.07) is 0.392. The van der Waals surface area contributed by atoms with Gasteiger partial charge in [-0.2, -0.15) is 17.0 Å². The molecule has 0 aromatic rings. The fraction of sp³-hybridized carbons (Fsp3) is 1.00. The molecule has 3 saturated heterocycles. The molecule has 0 aromatic heterocycles. The van der Waals surface area contributed by atoms with E-state index in [0.717, 1.165) is 25.8 Å². The predicted octanol–water partition coefficient (Wildman–Crippen LogP) is 0.257. The van der Waals surface area contributed by atoms with E-state index in [2.05, 4.69) is 12.2 Å². The van der Waals surface area contributed by atoms with Gasteiger partial charge in [0.25, 0.3) is 10.2 Å². The summed E-state index contributed by atoms with van der Waals surface area (Å²) < 4.78 is 28.5. The van der Waals surface area contributed by atoms with Gasteiger partial charge in [-0.05, 0) is 37.6 Å². The second-order valence-corrected chi connectivity index (χ2v) is 7.94. The van der Waals surface area contributed by atoms with Crippen LogP contribution >= 0.6 is 0 Å². The van der Waals surface area contributed by atoms with E-state index < -0.39 is 10.2 Å². The lowest BCUT2D eigenvalue weighted by Crippen LogP contribution is -2.47. The van der Waals surface area contributed by atoms with Crippen LogP contribution in [0.5, 0.6) is 0 Å². The van der Waals surface area contributed by atoms with Crippen molar-refractivity contribution in [1.29, 1.82) is 0 Å². The number of piperidine rings is 1. The van der Waals surface area contributed by atoms with Crippen molar-refractivity contribution >= 4 is 10.2 Å². The van der Waals surface area contributed by atoms with Crippen molar-refractivity contribution < 1.29 is 8.42 Å². The van der Waals surface area contributed by atoms with Gasteiger partial charge in [0.1, 0.15) is 0 Å². The Labute approximate surface area is 110 Å². The Morgan fingerprint density at radius 3 is 2.44 bits per heavy atom. The van der Waals surface area contributed by atoms with Gasteiger partial charge in [-0.25, -0.2) is 0 Å². The lowest BCUT2D eigenvalue weighted by atomic mass is 10.0. The number of hydrogen-bond acceptors (Lipinski definition) is 3. The molecule has 0 amide bonds.